The lowest BCUT2D eigenvalue weighted by molar-refractivity contribution is -0.146. The van der Waals surface area contributed by atoms with Crippen LogP contribution in [0.4, 0.5) is 5.13 Å². The van der Waals surface area contributed by atoms with Gasteiger partial charge in [0.15, 0.2) is 5.13 Å². The number of carboxylic acids is 1. The predicted octanol–water partition coefficient (Wildman–Crippen LogP) is 2.37. The van der Waals surface area contributed by atoms with E-state index in [1.807, 2.05) is 12.2 Å². The molecule has 1 aromatic heterocycles. The number of thiazole rings is 1. The standard InChI is InChI=1S/C12H11BrN2O3S/c13-7-4-14-12(19-7)15-10(16)8-5-1-2-6(3-5)9(8)11(17)18/h1-2,4-6,8-9H,3H2,(H,17,18)(H,14,15,16). The van der Waals surface area contributed by atoms with Crippen LogP contribution in [0.5, 0.6) is 0 Å². The molecule has 1 amide bonds. The molecule has 3 rings (SSSR count). The highest BCUT2D eigenvalue weighted by Crippen LogP contribution is 2.48. The van der Waals surface area contributed by atoms with Gasteiger partial charge in [0.2, 0.25) is 5.91 Å². The SMILES string of the molecule is O=C(O)C1C2C=CC(C2)C1C(=O)Nc1ncc(Br)s1. The number of hydrogen-bond acceptors (Lipinski definition) is 4. The molecule has 0 aliphatic heterocycles. The maximum absolute atomic E-state index is 12.3. The highest BCUT2D eigenvalue weighted by atomic mass is 79.9. The third-order valence-electron chi connectivity index (χ3n) is 3.75. The van der Waals surface area contributed by atoms with Gasteiger partial charge in [-0.05, 0) is 34.2 Å². The van der Waals surface area contributed by atoms with E-state index in [1.54, 1.807) is 6.20 Å². The second-order valence-corrected chi connectivity index (χ2v) is 7.21. The van der Waals surface area contributed by atoms with Crippen molar-refractivity contribution in [2.24, 2.45) is 23.7 Å². The molecule has 2 aliphatic carbocycles. The topological polar surface area (TPSA) is 79.3 Å². The lowest BCUT2D eigenvalue weighted by atomic mass is 9.82. The van der Waals surface area contributed by atoms with Gasteiger partial charge in [-0.3, -0.25) is 9.59 Å². The summed E-state index contributed by atoms with van der Waals surface area (Å²) in [7, 11) is 0. The summed E-state index contributed by atoms with van der Waals surface area (Å²) in [5.41, 5.74) is 0. The smallest absolute Gasteiger partial charge is 0.307 e. The van der Waals surface area contributed by atoms with Gasteiger partial charge < -0.3 is 10.4 Å². The molecule has 7 heteroatoms. The van der Waals surface area contributed by atoms with Gasteiger partial charge in [0.05, 0.1) is 21.8 Å². The van der Waals surface area contributed by atoms with Crippen LogP contribution in [0.15, 0.2) is 22.1 Å². The van der Waals surface area contributed by atoms with Crippen LogP contribution >= 0.6 is 27.3 Å². The van der Waals surface area contributed by atoms with E-state index in [0.29, 0.717) is 5.13 Å². The number of nitrogens with zero attached hydrogens (tertiary/aromatic N) is 1. The summed E-state index contributed by atoms with van der Waals surface area (Å²) >= 11 is 4.59. The summed E-state index contributed by atoms with van der Waals surface area (Å²) in [6, 6.07) is 0. The highest BCUT2D eigenvalue weighted by molar-refractivity contribution is 9.11. The molecule has 2 bridgehead atoms. The highest BCUT2D eigenvalue weighted by Gasteiger charge is 2.51. The average molecular weight is 343 g/mol. The summed E-state index contributed by atoms with van der Waals surface area (Å²) in [5.74, 6) is -2.22. The molecule has 19 heavy (non-hydrogen) atoms. The third-order valence-corrected chi connectivity index (χ3v) is 5.15. The molecule has 100 valence electrons. The first-order chi connectivity index (χ1) is 9.06. The number of halogens is 1. The molecule has 2 aliphatic rings. The van der Waals surface area contributed by atoms with Crippen LogP contribution in [-0.2, 0) is 9.59 Å². The number of carboxylic acid groups (broad SMARTS) is 1. The van der Waals surface area contributed by atoms with E-state index in [0.717, 1.165) is 10.2 Å². The van der Waals surface area contributed by atoms with Crippen molar-refractivity contribution in [2.75, 3.05) is 5.32 Å². The molecule has 4 atom stereocenters. The Morgan fingerprint density at radius 2 is 2.05 bits per heavy atom. The van der Waals surface area contributed by atoms with E-state index in [2.05, 4.69) is 26.2 Å². The predicted molar refractivity (Wildman–Crippen MR) is 73.8 cm³/mol. The van der Waals surface area contributed by atoms with E-state index in [4.69, 9.17) is 0 Å². The van der Waals surface area contributed by atoms with Crippen molar-refractivity contribution in [3.8, 4) is 0 Å². The second kappa shape index (κ2) is 4.72. The molecule has 1 saturated carbocycles. The Hall–Kier alpha value is -1.21. The molecular formula is C12H11BrN2O3S. The van der Waals surface area contributed by atoms with Gasteiger partial charge in [-0.1, -0.05) is 23.5 Å². The monoisotopic (exact) mass is 342 g/mol. The third kappa shape index (κ3) is 2.21. The number of anilines is 1. The molecular weight excluding hydrogens is 332 g/mol. The maximum atomic E-state index is 12.3. The number of aliphatic carboxylic acids is 1. The zero-order valence-corrected chi connectivity index (χ0v) is 12.1. The molecule has 1 heterocycles. The summed E-state index contributed by atoms with van der Waals surface area (Å²) in [4.78, 5) is 27.6. The van der Waals surface area contributed by atoms with Crippen LogP contribution in [0, 0.1) is 23.7 Å². The first kappa shape index (κ1) is 12.8. The number of hydrogen-bond donors (Lipinski definition) is 2. The maximum Gasteiger partial charge on any atom is 0.307 e. The van der Waals surface area contributed by atoms with Gasteiger partial charge in [-0.25, -0.2) is 4.98 Å². The largest absolute Gasteiger partial charge is 0.481 e. The Morgan fingerprint density at radius 1 is 1.37 bits per heavy atom. The minimum atomic E-state index is -0.891. The molecule has 4 unspecified atom stereocenters. The minimum Gasteiger partial charge on any atom is -0.481 e. The molecule has 5 nitrogen and oxygen atoms in total. The van der Waals surface area contributed by atoms with Crippen LogP contribution < -0.4 is 5.32 Å². The van der Waals surface area contributed by atoms with Crippen molar-refractivity contribution in [3.63, 3.8) is 0 Å². The number of nitrogens with one attached hydrogen (secondary N) is 1. The fourth-order valence-corrected chi connectivity index (χ4v) is 4.13. The fourth-order valence-electron chi connectivity index (χ4n) is 3.02. The van der Waals surface area contributed by atoms with Crippen molar-refractivity contribution in [3.05, 3.63) is 22.1 Å². The second-order valence-electron chi connectivity index (χ2n) is 4.80. The molecule has 0 saturated heterocycles. The van der Waals surface area contributed by atoms with Crippen molar-refractivity contribution >= 4 is 44.3 Å². The lowest BCUT2D eigenvalue weighted by Gasteiger charge is -2.23. The first-order valence-corrected chi connectivity index (χ1v) is 7.50. The van der Waals surface area contributed by atoms with Crippen molar-refractivity contribution in [1.29, 1.82) is 0 Å². The first-order valence-electron chi connectivity index (χ1n) is 5.89. The normalized spacial score (nSPS) is 31.6. The lowest BCUT2D eigenvalue weighted by Crippen LogP contribution is -2.36. The van der Waals surface area contributed by atoms with Gasteiger partial charge in [0.1, 0.15) is 0 Å². The number of aromatic nitrogens is 1. The number of carbonyl (C=O) groups excluding carboxylic acids is 1. The zero-order chi connectivity index (χ0) is 13.6. The van der Waals surface area contributed by atoms with Gasteiger partial charge in [-0.15, -0.1) is 0 Å². The molecule has 0 aromatic carbocycles. The van der Waals surface area contributed by atoms with E-state index < -0.39 is 17.8 Å². The van der Waals surface area contributed by atoms with Crippen LogP contribution in [-0.4, -0.2) is 22.0 Å². The van der Waals surface area contributed by atoms with Gasteiger partial charge in [0.25, 0.3) is 0 Å². The number of fused-ring (bicyclic) bond motifs is 2. The van der Waals surface area contributed by atoms with Crippen molar-refractivity contribution in [2.45, 2.75) is 6.42 Å². The minimum absolute atomic E-state index is 0.0127. The van der Waals surface area contributed by atoms with Crippen LogP contribution in [0.25, 0.3) is 0 Å². The van der Waals surface area contributed by atoms with Gasteiger partial charge >= 0.3 is 5.97 Å². The van der Waals surface area contributed by atoms with Gasteiger partial charge in [0, 0.05) is 0 Å². The molecule has 0 spiro atoms. The summed E-state index contributed by atoms with van der Waals surface area (Å²) in [5, 5.41) is 12.5. The Labute approximate surface area is 121 Å². The molecule has 2 N–H and O–H groups in total. The summed E-state index contributed by atoms with van der Waals surface area (Å²) in [6.45, 7) is 0. The van der Waals surface area contributed by atoms with E-state index >= 15 is 0 Å². The number of allylic oxidation sites excluding steroid dienone is 2. The summed E-state index contributed by atoms with van der Waals surface area (Å²) < 4.78 is 0.824. The Balaban J connectivity index is 1.79. The quantitative estimate of drug-likeness (QED) is 0.826. The van der Waals surface area contributed by atoms with E-state index in [1.165, 1.54) is 11.3 Å². The van der Waals surface area contributed by atoms with Crippen LogP contribution in [0.2, 0.25) is 0 Å². The zero-order valence-electron chi connectivity index (χ0n) is 9.75. The van der Waals surface area contributed by atoms with Crippen molar-refractivity contribution < 1.29 is 14.7 Å². The van der Waals surface area contributed by atoms with Crippen LogP contribution in [0.3, 0.4) is 0 Å². The fraction of sp³-hybridized carbons (Fsp3) is 0.417. The molecule has 1 aromatic rings. The average Bonchev–Trinajstić information content (AvgIpc) is 3.03. The number of carbonyl (C=O) groups is 2. The summed E-state index contributed by atoms with van der Waals surface area (Å²) in [6.07, 6.45) is 6.26. The van der Waals surface area contributed by atoms with E-state index in [9.17, 15) is 14.7 Å². The number of amides is 1. The van der Waals surface area contributed by atoms with Crippen molar-refractivity contribution in [1.82, 2.24) is 4.98 Å². The van der Waals surface area contributed by atoms with E-state index in [-0.39, 0.29) is 17.7 Å². The Kier molecular flexibility index (Phi) is 3.18. The Bertz CT molecular complexity index is 571. The Morgan fingerprint density at radius 3 is 2.63 bits per heavy atom. The molecule has 0 radical (unpaired) electrons. The van der Waals surface area contributed by atoms with Gasteiger partial charge in [-0.2, -0.15) is 0 Å². The number of rotatable bonds is 3. The van der Waals surface area contributed by atoms with Crippen LogP contribution in [0.1, 0.15) is 6.42 Å². The molecule has 1 fully saturated rings.